The van der Waals surface area contributed by atoms with Gasteiger partial charge in [0.15, 0.2) is 0 Å². The molecule has 1 aliphatic heterocycles. The molecule has 0 spiro atoms. The van der Waals surface area contributed by atoms with Crippen molar-refractivity contribution in [2.45, 2.75) is 52.2 Å². The van der Waals surface area contributed by atoms with Gasteiger partial charge in [0.05, 0.1) is 0 Å². The third-order valence-corrected chi connectivity index (χ3v) is 4.91. The smallest absolute Gasteiger partial charge is 0.246 e. The van der Waals surface area contributed by atoms with Crippen LogP contribution < -0.4 is 5.32 Å². The Morgan fingerprint density at radius 1 is 1.45 bits per heavy atom. The summed E-state index contributed by atoms with van der Waals surface area (Å²) in [6.45, 7) is 8.14. The molecule has 0 radical (unpaired) electrons. The highest BCUT2D eigenvalue weighted by molar-refractivity contribution is 7.07. The average molecular weight is 294 g/mol. The highest BCUT2D eigenvalue weighted by atomic mass is 32.1. The Bertz CT molecular complexity index is 496. The van der Waals surface area contributed by atoms with E-state index in [-0.39, 0.29) is 17.7 Å². The largest absolute Gasteiger partial charge is 0.342 e. The van der Waals surface area contributed by atoms with E-state index in [1.54, 1.807) is 30.1 Å². The Kier molecular flexibility index (Phi) is 4.18. The Balaban J connectivity index is 2.28. The summed E-state index contributed by atoms with van der Waals surface area (Å²) in [5.41, 5.74) is 0.275. The lowest BCUT2D eigenvalue weighted by atomic mass is 9.89. The normalized spacial score (nSPS) is 23.6. The van der Waals surface area contributed by atoms with Gasteiger partial charge in [0.25, 0.3) is 0 Å². The van der Waals surface area contributed by atoms with E-state index in [1.807, 2.05) is 30.7 Å². The maximum Gasteiger partial charge on any atom is 0.246 e. The molecule has 1 aromatic rings. The minimum absolute atomic E-state index is 0.0233. The Labute approximate surface area is 124 Å². The monoisotopic (exact) mass is 294 g/mol. The zero-order valence-electron chi connectivity index (χ0n) is 12.5. The van der Waals surface area contributed by atoms with Crippen molar-refractivity contribution in [2.24, 2.45) is 5.92 Å². The first-order chi connectivity index (χ1) is 9.37. The van der Waals surface area contributed by atoms with Gasteiger partial charge < -0.3 is 10.2 Å². The summed E-state index contributed by atoms with van der Waals surface area (Å²) >= 11 is 1.60. The summed E-state index contributed by atoms with van der Waals surface area (Å²) < 4.78 is 0. The van der Waals surface area contributed by atoms with Gasteiger partial charge in [-0.1, -0.05) is 20.3 Å². The lowest BCUT2D eigenvalue weighted by Crippen LogP contribution is -2.69. The molecule has 2 amide bonds. The summed E-state index contributed by atoms with van der Waals surface area (Å²) in [7, 11) is 0. The molecule has 5 heteroatoms. The molecular weight excluding hydrogens is 272 g/mol. The van der Waals surface area contributed by atoms with Gasteiger partial charge in [-0.05, 0) is 42.2 Å². The second kappa shape index (κ2) is 5.56. The number of carbonyl (C=O) groups excluding carboxylic acids is 2. The van der Waals surface area contributed by atoms with Crippen molar-refractivity contribution in [3.8, 4) is 0 Å². The molecule has 1 aromatic heterocycles. The SMILES string of the molecule is CCC(C)C1NC(=O)C(C)(C)N(Cc2ccsc2)C1=O. The van der Waals surface area contributed by atoms with Crippen LogP contribution >= 0.6 is 11.3 Å². The zero-order chi connectivity index (χ0) is 14.9. The molecule has 2 atom stereocenters. The molecule has 1 aliphatic rings. The minimum atomic E-state index is -0.803. The molecule has 0 aliphatic carbocycles. The van der Waals surface area contributed by atoms with Crippen LogP contribution in [-0.4, -0.2) is 28.3 Å². The van der Waals surface area contributed by atoms with Crippen molar-refractivity contribution in [2.75, 3.05) is 0 Å². The highest BCUT2D eigenvalue weighted by Gasteiger charge is 2.47. The lowest BCUT2D eigenvalue weighted by Gasteiger charge is -2.45. The first kappa shape index (κ1) is 15.0. The predicted molar refractivity (Wildman–Crippen MR) is 80.3 cm³/mol. The molecule has 0 bridgehead atoms. The Hall–Kier alpha value is -1.36. The van der Waals surface area contributed by atoms with Crippen LogP contribution in [0.15, 0.2) is 16.8 Å². The molecular formula is C15H22N2O2S. The van der Waals surface area contributed by atoms with Gasteiger partial charge in [-0.2, -0.15) is 11.3 Å². The van der Waals surface area contributed by atoms with Crippen LogP contribution in [0.2, 0.25) is 0 Å². The van der Waals surface area contributed by atoms with Gasteiger partial charge in [-0.3, -0.25) is 9.59 Å². The highest BCUT2D eigenvalue weighted by Crippen LogP contribution is 2.27. The first-order valence-electron chi connectivity index (χ1n) is 7.01. The van der Waals surface area contributed by atoms with Crippen molar-refractivity contribution in [3.05, 3.63) is 22.4 Å². The van der Waals surface area contributed by atoms with E-state index < -0.39 is 11.6 Å². The number of thiophene rings is 1. The lowest BCUT2D eigenvalue weighted by molar-refractivity contribution is -0.157. The van der Waals surface area contributed by atoms with E-state index >= 15 is 0 Å². The maximum atomic E-state index is 12.7. The first-order valence-corrected chi connectivity index (χ1v) is 7.95. The molecule has 110 valence electrons. The number of hydrogen-bond donors (Lipinski definition) is 1. The van der Waals surface area contributed by atoms with Crippen molar-refractivity contribution in [3.63, 3.8) is 0 Å². The van der Waals surface area contributed by atoms with Crippen LogP contribution in [0.4, 0.5) is 0 Å². The van der Waals surface area contributed by atoms with Crippen LogP contribution in [0.25, 0.3) is 0 Å². The van der Waals surface area contributed by atoms with E-state index in [9.17, 15) is 9.59 Å². The van der Waals surface area contributed by atoms with E-state index in [0.717, 1.165) is 12.0 Å². The number of nitrogens with zero attached hydrogens (tertiary/aromatic N) is 1. The summed E-state index contributed by atoms with van der Waals surface area (Å²) in [5.74, 6) is 0.0975. The summed E-state index contributed by atoms with van der Waals surface area (Å²) in [6, 6.07) is 1.60. The van der Waals surface area contributed by atoms with Crippen molar-refractivity contribution < 1.29 is 9.59 Å². The van der Waals surface area contributed by atoms with Crippen LogP contribution in [0, 0.1) is 5.92 Å². The molecule has 1 saturated heterocycles. The number of hydrogen-bond acceptors (Lipinski definition) is 3. The molecule has 1 fully saturated rings. The standard InChI is InChI=1S/C15H22N2O2S/c1-5-10(2)12-13(18)17(8-11-6-7-20-9-11)15(3,4)14(19)16-12/h6-7,9-10,12H,5,8H2,1-4H3,(H,16,19). The average Bonchev–Trinajstić information content (AvgIpc) is 2.91. The molecule has 2 unspecified atom stereocenters. The molecule has 0 saturated carbocycles. The zero-order valence-corrected chi connectivity index (χ0v) is 13.3. The van der Waals surface area contributed by atoms with Gasteiger partial charge in [0.1, 0.15) is 11.6 Å². The molecule has 2 heterocycles. The fourth-order valence-electron chi connectivity index (χ4n) is 2.41. The second-order valence-electron chi connectivity index (χ2n) is 5.95. The molecule has 2 rings (SSSR count). The molecule has 0 aromatic carbocycles. The van der Waals surface area contributed by atoms with Crippen LogP contribution in [0.3, 0.4) is 0 Å². The summed E-state index contributed by atoms with van der Waals surface area (Å²) in [6.07, 6.45) is 0.864. The predicted octanol–water partition coefficient (Wildman–Crippen LogP) is 2.40. The summed E-state index contributed by atoms with van der Waals surface area (Å²) in [5, 5.41) is 6.90. The van der Waals surface area contributed by atoms with Gasteiger partial charge in [-0.15, -0.1) is 0 Å². The van der Waals surface area contributed by atoms with Gasteiger partial charge in [0, 0.05) is 6.54 Å². The van der Waals surface area contributed by atoms with Crippen LogP contribution in [-0.2, 0) is 16.1 Å². The third kappa shape index (κ3) is 2.59. The number of rotatable bonds is 4. The van der Waals surface area contributed by atoms with E-state index in [4.69, 9.17) is 0 Å². The van der Waals surface area contributed by atoms with Gasteiger partial charge in [0.2, 0.25) is 11.8 Å². The quantitative estimate of drug-likeness (QED) is 0.927. The van der Waals surface area contributed by atoms with Crippen LogP contribution in [0.1, 0.15) is 39.7 Å². The summed E-state index contributed by atoms with van der Waals surface area (Å²) in [4.78, 5) is 26.8. The van der Waals surface area contributed by atoms with Gasteiger partial charge in [-0.25, -0.2) is 0 Å². The van der Waals surface area contributed by atoms with Crippen molar-refractivity contribution in [1.82, 2.24) is 10.2 Å². The fraction of sp³-hybridized carbons (Fsp3) is 0.600. The van der Waals surface area contributed by atoms with Crippen LogP contribution in [0.5, 0.6) is 0 Å². The second-order valence-corrected chi connectivity index (χ2v) is 6.73. The Morgan fingerprint density at radius 3 is 2.70 bits per heavy atom. The number of piperazine rings is 1. The fourth-order valence-corrected chi connectivity index (χ4v) is 3.07. The Morgan fingerprint density at radius 2 is 2.15 bits per heavy atom. The van der Waals surface area contributed by atoms with Crippen molar-refractivity contribution >= 4 is 23.2 Å². The molecule has 20 heavy (non-hydrogen) atoms. The van der Waals surface area contributed by atoms with E-state index in [1.165, 1.54) is 0 Å². The topological polar surface area (TPSA) is 49.4 Å². The number of carbonyl (C=O) groups is 2. The van der Waals surface area contributed by atoms with E-state index in [0.29, 0.717) is 6.54 Å². The van der Waals surface area contributed by atoms with Gasteiger partial charge >= 0.3 is 0 Å². The number of amides is 2. The third-order valence-electron chi connectivity index (χ3n) is 4.18. The maximum absolute atomic E-state index is 12.7. The minimum Gasteiger partial charge on any atom is -0.342 e. The number of nitrogens with one attached hydrogen (secondary N) is 1. The molecule has 1 N–H and O–H groups in total. The van der Waals surface area contributed by atoms with Crippen molar-refractivity contribution in [1.29, 1.82) is 0 Å². The molecule has 4 nitrogen and oxygen atoms in total. The van der Waals surface area contributed by atoms with E-state index in [2.05, 4.69) is 5.32 Å².